The summed E-state index contributed by atoms with van der Waals surface area (Å²) in [6.07, 6.45) is 0. The predicted octanol–water partition coefficient (Wildman–Crippen LogP) is 1.33. The number of hydrogen-bond acceptors (Lipinski definition) is 7. The number of carbonyl (C=O) groups excluding carboxylic acids is 1. The van der Waals surface area contributed by atoms with Crippen molar-refractivity contribution in [2.75, 3.05) is 5.32 Å². The average molecular weight is 288 g/mol. The maximum atomic E-state index is 11.8. The van der Waals surface area contributed by atoms with Gasteiger partial charge in [-0.2, -0.15) is 5.10 Å². The highest BCUT2D eigenvalue weighted by Crippen LogP contribution is 2.19. The summed E-state index contributed by atoms with van der Waals surface area (Å²) < 4.78 is 11.9. The monoisotopic (exact) mass is 288 g/mol. The third kappa shape index (κ3) is 2.53. The molecule has 0 spiro atoms. The van der Waals surface area contributed by atoms with Crippen molar-refractivity contribution in [3.63, 3.8) is 0 Å². The molecule has 0 aliphatic heterocycles. The van der Waals surface area contributed by atoms with Crippen molar-refractivity contribution in [2.24, 2.45) is 7.05 Å². The van der Waals surface area contributed by atoms with Gasteiger partial charge in [-0.05, 0) is 19.9 Å². The van der Waals surface area contributed by atoms with Crippen molar-refractivity contribution in [3.8, 4) is 11.6 Å². The zero-order chi connectivity index (χ0) is 15.0. The molecule has 108 valence electrons. The third-order valence-electron chi connectivity index (χ3n) is 2.83. The van der Waals surface area contributed by atoms with E-state index in [9.17, 15) is 4.79 Å². The molecule has 0 fully saturated rings. The summed E-state index contributed by atoms with van der Waals surface area (Å²) in [6.45, 7) is 3.62. The van der Waals surface area contributed by atoms with Crippen LogP contribution in [-0.2, 0) is 7.05 Å². The zero-order valence-electron chi connectivity index (χ0n) is 11.6. The van der Waals surface area contributed by atoms with Crippen LogP contribution >= 0.6 is 0 Å². The molecule has 0 aliphatic rings. The Bertz CT molecular complexity index is 780. The summed E-state index contributed by atoms with van der Waals surface area (Å²) in [5.41, 5.74) is 2.10. The predicted molar refractivity (Wildman–Crippen MR) is 70.4 cm³/mol. The quantitative estimate of drug-likeness (QED) is 0.773. The summed E-state index contributed by atoms with van der Waals surface area (Å²) >= 11 is 0. The Balaban J connectivity index is 1.77. The third-order valence-corrected chi connectivity index (χ3v) is 2.83. The second-order valence-corrected chi connectivity index (χ2v) is 4.49. The fraction of sp³-hybridized carbons (Fsp3) is 0.250. The number of nitrogens with one attached hydrogen (secondary N) is 1. The lowest BCUT2D eigenvalue weighted by atomic mass is 10.4. The second kappa shape index (κ2) is 4.85. The molecule has 3 heterocycles. The number of aryl methyl sites for hydroxylation is 3. The molecule has 3 aromatic rings. The van der Waals surface area contributed by atoms with Crippen LogP contribution in [0.1, 0.15) is 21.9 Å². The average Bonchev–Trinajstić information content (AvgIpc) is 3.12. The van der Waals surface area contributed by atoms with E-state index in [4.69, 9.17) is 8.94 Å². The van der Waals surface area contributed by atoms with Crippen LogP contribution in [0.15, 0.2) is 21.1 Å². The van der Waals surface area contributed by atoms with Gasteiger partial charge in [-0.25, -0.2) is 0 Å². The summed E-state index contributed by atoms with van der Waals surface area (Å²) in [5.74, 6) is -0.216. The van der Waals surface area contributed by atoms with Gasteiger partial charge in [0.1, 0.15) is 5.69 Å². The van der Waals surface area contributed by atoms with Gasteiger partial charge in [0.2, 0.25) is 5.76 Å². The minimum atomic E-state index is -0.511. The van der Waals surface area contributed by atoms with Crippen LogP contribution in [-0.4, -0.2) is 31.0 Å². The van der Waals surface area contributed by atoms with Gasteiger partial charge in [0.15, 0.2) is 0 Å². The van der Waals surface area contributed by atoms with Gasteiger partial charge in [-0.1, -0.05) is 10.3 Å². The first-order valence-electron chi connectivity index (χ1n) is 6.12. The van der Waals surface area contributed by atoms with Gasteiger partial charge in [0, 0.05) is 18.8 Å². The standard InChI is InChI=1S/C12H12N6O3/c1-6-4-9(21-17-6)10(19)13-12-15-14-11(20-12)8-5-7(2)18(3)16-8/h4-5H,1-3H3,(H,13,15,19). The SMILES string of the molecule is Cc1cc(C(=O)Nc2nnc(-c3cc(C)n(C)n3)o2)on1. The van der Waals surface area contributed by atoms with Crippen LogP contribution in [0.25, 0.3) is 11.6 Å². The second-order valence-electron chi connectivity index (χ2n) is 4.49. The van der Waals surface area contributed by atoms with Crippen LogP contribution in [0.2, 0.25) is 0 Å². The highest BCUT2D eigenvalue weighted by atomic mass is 16.5. The lowest BCUT2D eigenvalue weighted by Gasteiger charge is -1.94. The van der Waals surface area contributed by atoms with Gasteiger partial charge < -0.3 is 8.94 Å². The van der Waals surface area contributed by atoms with Crippen molar-refractivity contribution in [3.05, 3.63) is 29.3 Å². The van der Waals surface area contributed by atoms with Crippen molar-refractivity contribution in [1.82, 2.24) is 25.1 Å². The van der Waals surface area contributed by atoms with Crippen molar-refractivity contribution in [1.29, 1.82) is 0 Å². The molecule has 0 radical (unpaired) electrons. The van der Waals surface area contributed by atoms with E-state index in [0.717, 1.165) is 5.69 Å². The topological polar surface area (TPSA) is 112 Å². The van der Waals surface area contributed by atoms with E-state index in [1.54, 1.807) is 17.7 Å². The van der Waals surface area contributed by atoms with Crippen molar-refractivity contribution >= 4 is 11.9 Å². The molecule has 0 saturated carbocycles. The number of anilines is 1. The van der Waals surface area contributed by atoms with Crippen LogP contribution in [0.3, 0.4) is 0 Å². The molecule has 1 N–H and O–H groups in total. The largest absolute Gasteiger partial charge is 0.401 e. The van der Waals surface area contributed by atoms with Crippen LogP contribution in [0.4, 0.5) is 6.01 Å². The number of amides is 1. The molecule has 9 nitrogen and oxygen atoms in total. The number of aromatic nitrogens is 5. The Labute approximate surface area is 118 Å². The Kier molecular flexibility index (Phi) is 3.01. The lowest BCUT2D eigenvalue weighted by Crippen LogP contribution is -2.11. The minimum absolute atomic E-state index is 0.0349. The van der Waals surface area contributed by atoms with Crippen molar-refractivity contribution in [2.45, 2.75) is 13.8 Å². The van der Waals surface area contributed by atoms with Gasteiger partial charge in [0.05, 0.1) is 5.69 Å². The molecule has 0 aliphatic carbocycles. The van der Waals surface area contributed by atoms with E-state index in [1.807, 2.05) is 14.0 Å². The molecular formula is C12H12N6O3. The van der Waals surface area contributed by atoms with E-state index >= 15 is 0 Å². The maximum absolute atomic E-state index is 11.8. The lowest BCUT2D eigenvalue weighted by molar-refractivity contribution is 0.0985. The highest BCUT2D eigenvalue weighted by molar-refractivity contribution is 6.00. The minimum Gasteiger partial charge on any atom is -0.401 e. The maximum Gasteiger partial charge on any atom is 0.322 e. The van der Waals surface area contributed by atoms with Gasteiger partial charge in [-0.3, -0.25) is 14.8 Å². The van der Waals surface area contributed by atoms with E-state index in [2.05, 4.69) is 25.8 Å². The number of carbonyl (C=O) groups is 1. The van der Waals surface area contributed by atoms with E-state index in [1.165, 1.54) is 6.07 Å². The van der Waals surface area contributed by atoms with Gasteiger partial charge in [0.25, 0.3) is 11.8 Å². The first kappa shape index (κ1) is 13.0. The highest BCUT2D eigenvalue weighted by Gasteiger charge is 2.17. The zero-order valence-corrected chi connectivity index (χ0v) is 11.6. The smallest absolute Gasteiger partial charge is 0.322 e. The van der Waals surface area contributed by atoms with E-state index in [-0.39, 0.29) is 17.7 Å². The first-order chi connectivity index (χ1) is 10.0. The fourth-order valence-corrected chi connectivity index (χ4v) is 1.67. The Morgan fingerprint density at radius 2 is 2.10 bits per heavy atom. The molecule has 3 aromatic heterocycles. The molecule has 0 aromatic carbocycles. The first-order valence-corrected chi connectivity index (χ1v) is 6.12. The molecule has 1 amide bonds. The summed E-state index contributed by atoms with van der Waals surface area (Å²) in [5, 5.41) is 17.9. The Morgan fingerprint density at radius 3 is 2.71 bits per heavy atom. The van der Waals surface area contributed by atoms with Crippen LogP contribution < -0.4 is 5.32 Å². The molecule has 3 rings (SSSR count). The molecule has 0 unspecified atom stereocenters. The summed E-state index contributed by atoms with van der Waals surface area (Å²) in [4.78, 5) is 11.8. The Morgan fingerprint density at radius 1 is 1.29 bits per heavy atom. The molecule has 0 bridgehead atoms. The van der Waals surface area contributed by atoms with E-state index < -0.39 is 5.91 Å². The van der Waals surface area contributed by atoms with Crippen LogP contribution in [0.5, 0.6) is 0 Å². The fourth-order valence-electron chi connectivity index (χ4n) is 1.67. The molecule has 0 atom stereocenters. The summed E-state index contributed by atoms with van der Waals surface area (Å²) in [6, 6.07) is 3.28. The summed E-state index contributed by atoms with van der Waals surface area (Å²) in [7, 11) is 1.81. The normalized spacial score (nSPS) is 10.8. The molecular weight excluding hydrogens is 276 g/mol. The van der Waals surface area contributed by atoms with Crippen molar-refractivity contribution < 1.29 is 13.7 Å². The number of nitrogens with zero attached hydrogens (tertiary/aromatic N) is 5. The number of rotatable bonds is 3. The van der Waals surface area contributed by atoms with Gasteiger partial charge in [-0.15, -0.1) is 5.10 Å². The molecule has 21 heavy (non-hydrogen) atoms. The van der Waals surface area contributed by atoms with Gasteiger partial charge >= 0.3 is 6.01 Å². The molecule has 9 heteroatoms. The molecule has 0 saturated heterocycles. The van der Waals surface area contributed by atoms with Crippen LogP contribution in [0, 0.1) is 13.8 Å². The van der Waals surface area contributed by atoms with E-state index in [0.29, 0.717) is 11.4 Å². The number of hydrogen-bond donors (Lipinski definition) is 1. The Hall–Kier alpha value is -2.97.